The fourth-order valence-corrected chi connectivity index (χ4v) is 7.22. The second kappa shape index (κ2) is 7.26. The van der Waals surface area contributed by atoms with Crippen molar-refractivity contribution in [3.05, 3.63) is 36.0 Å². The first-order chi connectivity index (χ1) is 15.3. The highest BCUT2D eigenvalue weighted by atomic mass is 32.2. The van der Waals surface area contributed by atoms with Gasteiger partial charge in [-0.1, -0.05) is 12.2 Å². The van der Waals surface area contributed by atoms with Crippen LogP contribution in [0.25, 0.3) is 10.9 Å². The van der Waals surface area contributed by atoms with Crippen molar-refractivity contribution in [2.75, 3.05) is 30.8 Å². The van der Waals surface area contributed by atoms with Crippen molar-refractivity contribution < 1.29 is 8.42 Å². The molecule has 4 aliphatic rings. The molecule has 2 aromatic rings. The minimum atomic E-state index is -3.26. The van der Waals surface area contributed by atoms with Crippen LogP contribution < -0.4 is 10.2 Å². The Morgan fingerprint density at radius 3 is 2.62 bits per heavy atom. The zero-order valence-electron chi connectivity index (χ0n) is 18.9. The van der Waals surface area contributed by atoms with Gasteiger partial charge in [0.05, 0.1) is 16.1 Å². The Balaban J connectivity index is 1.10. The Labute approximate surface area is 190 Å². The molecule has 1 aliphatic heterocycles. The van der Waals surface area contributed by atoms with Crippen molar-refractivity contribution in [2.24, 2.45) is 23.2 Å². The zero-order chi connectivity index (χ0) is 22.1. The molecule has 0 unspecified atom stereocenters. The van der Waals surface area contributed by atoms with Gasteiger partial charge >= 0.3 is 0 Å². The lowest BCUT2D eigenvalue weighted by atomic mass is 9.88. The number of fused-ring (bicyclic) bond motifs is 1. The molecule has 0 amide bonds. The van der Waals surface area contributed by atoms with E-state index in [1.165, 1.54) is 25.5 Å². The molecule has 1 aromatic heterocycles. The number of nitrogens with zero attached hydrogens (tertiary/aromatic N) is 3. The summed E-state index contributed by atoms with van der Waals surface area (Å²) in [5.74, 6) is 3.22. The van der Waals surface area contributed by atoms with E-state index in [0.717, 1.165) is 61.3 Å². The number of nitrogens with one attached hydrogen (secondary N) is 1. The molecule has 6 nitrogen and oxygen atoms in total. The predicted molar refractivity (Wildman–Crippen MR) is 127 cm³/mol. The number of rotatable bonds is 5. The number of aryl methyl sites for hydroxylation is 1. The fourth-order valence-electron chi connectivity index (χ4n) is 6.58. The molecule has 1 N–H and O–H groups in total. The number of benzene rings is 1. The normalized spacial score (nSPS) is 28.8. The molecule has 6 rings (SSSR count). The summed E-state index contributed by atoms with van der Waals surface area (Å²) in [7, 11) is -3.26. The lowest BCUT2D eigenvalue weighted by Crippen LogP contribution is -2.44. The Kier molecular flexibility index (Phi) is 4.67. The molecule has 1 saturated heterocycles. The number of hydrogen-bond donors (Lipinski definition) is 1. The Hall–Kier alpha value is -1.99. The summed E-state index contributed by atoms with van der Waals surface area (Å²) in [5, 5.41) is 4.79. The Bertz CT molecular complexity index is 1200. The smallest absolute Gasteiger partial charge is 0.226 e. The maximum Gasteiger partial charge on any atom is 0.226 e. The number of allylic oxidation sites excluding steroid dienone is 2. The SMILES string of the molecule is Cc1nc(N2CCC(NC[C@@H]3C[C@H]4C=C[C@H]3C43CC3)CC2)nc2cc(S(C)(=O)=O)ccc12. The molecular formula is C25H32N4O2S. The summed E-state index contributed by atoms with van der Waals surface area (Å²) in [4.78, 5) is 12.0. The summed E-state index contributed by atoms with van der Waals surface area (Å²) in [5.41, 5.74) is 2.27. The van der Waals surface area contributed by atoms with E-state index < -0.39 is 9.84 Å². The molecule has 2 saturated carbocycles. The van der Waals surface area contributed by atoms with Crippen LogP contribution in [0.4, 0.5) is 5.95 Å². The largest absolute Gasteiger partial charge is 0.341 e. The fraction of sp³-hybridized carbons (Fsp3) is 0.600. The monoisotopic (exact) mass is 452 g/mol. The molecule has 0 radical (unpaired) electrons. The number of anilines is 1. The third-order valence-electron chi connectivity index (χ3n) is 8.57. The zero-order valence-corrected chi connectivity index (χ0v) is 19.7. The molecule has 1 spiro atoms. The average molecular weight is 453 g/mol. The van der Waals surface area contributed by atoms with Crippen molar-refractivity contribution in [3.63, 3.8) is 0 Å². The topological polar surface area (TPSA) is 75.2 Å². The molecule has 32 heavy (non-hydrogen) atoms. The van der Waals surface area contributed by atoms with E-state index in [9.17, 15) is 8.42 Å². The van der Waals surface area contributed by atoms with Crippen LogP contribution in [0, 0.1) is 30.1 Å². The van der Waals surface area contributed by atoms with Crippen LogP contribution in [-0.2, 0) is 9.84 Å². The van der Waals surface area contributed by atoms with E-state index in [-0.39, 0.29) is 0 Å². The second-order valence-electron chi connectivity index (χ2n) is 10.5. The standard InChI is InChI=1S/C25H32N4O2S/c1-16-21-5-4-20(32(2,30)31)14-23(21)28-24(27-16)29-11-7-19(8-12-29)26-15-17-13-18-3-6-22(17)25(18)9-10-25/h3-6,14,17-19,22,26H,7-13,15H2,1-2H3/t17-,18+,22+/m0/s1. The van der Waals surface area contributed by atoms with E-state index in [4.69, 9.17) is 9.97 Å². The molecule has 3 fully saturated rings. The number of hydrogen-bond acceptors (Lipinski definition) is 6. The first kappa shape index (κ1) is 20.6. The van der Waals surface area contributed by atoms with Crippen LogP contribution in [0.1, 0.15) is 37.8 Å². The van der Waals surface area contributed by atoms with Gasteiger partial charge in [-0.25, -0.2) is 18.4 Å². The van der Waals surface area contributed by atoms with Crippen LogP contribution in [-0.4, -0.2) is 50.3 Å². The molecule has 7 heteroatoms. The summed E-state index contributed by atoms with van der Waals surface area (Å²) in [6.07, 6.45) is 12.7. The van der Waals surface area contributed by atoms with E-state index in [1.807, 2.05) is 13.0 Å². The second-order valence-corrected chi connectivity index (χ2v) is 12.5. The minimum Gasteiger partial charge on any atom is -0.341 e. The van der Waals surface area contributed by atoms with E-state index in [1.54, 1.807) is 12.1 Å². The highest BCUT2D eigenvalue weighted by molar-refractivity contribution is 7.90. The van der Waals surface area contributed by atoms with Crippen molar-refractivity contribution in [2.45, 2.75) is 50.0 Å². The summed E-state index contributed by atoms with van der Waals surface area (Å²) >= 11 is 0. The van der Waals surface area contributed by atoms with Crippen molar-refractivity contribution in [1.82, 2.24) is 15.3 Å². The molecule has 1 aromatic carbocycles. The van der Waals surface area contributed by atoms with Gasteiger partial charge < -0.3 is 10.2 Å². The van der Waals surface area contributed by atoms with Gasteiger partial charge in [0.1, 0.15) is 0 Å². The summed E-state index contributed by atoms with van der Waals surface area (Å²) < 4.78 is 23.9. The van der Waals surface area contributed by atoms with Gasteiger partial charge in [-0.15, -0.1) is 0 Å². The number of sulfone groups is 1. The lowest BCUT2D eigenvalue weighted by Gasteiger charge is -2.34. The van der Waals surface area contributed by atoms with E-state index >= 15 is 0 Å². The minimum absolute atomic E-state index is 0.306. The maximum atomic E-state index is 12.0. The third-order valence-corrected chi connectivity index (χ3v) is 9.68. The van der Waals surface area contributed by atoms with Crippen molar-refractivity contribution in [3.8, 4) is 0 Å². The Morgan fingerprint density at radius 1 is 1.16 bits per heavy atom. The van der Waals surface area contributed by atoms with Crippen molar-refractivity contribution >= 4 is 26.7 Å². The molecule has 3 aliphatic carbocycles. The van der Waals surface area contributed by atoms with E-state index in [0.29, 0.717) is 27.8 Å². The van der Waals surface area contributed by atoms with Crippen molar-refractivity contribution in [1.29, 1.82) is 0 Å². The van der Waals surface area contributed by atoms with Gasteiger partial charge in [-0.3, -0.25) is 0 Å². The van der Waals surface area contributed by atoms with Gasteiger partial charge in [0.15, 0.2) is 9.84 Å². The van der Waals surface area contributed by atoms with Gasteiger partial charge in [0.25, 0.3) is 0 Å². The average Bonchev–Trinajstić information content (AvgIpc) is 3.44. The first-order valence-electron chi connectivity index (χ1n) is 12.0. The van der Waals surface area contributed by atoms with Gasteiger partial charge in [-0.05, 0) is 86.9 Å². The quantitative estimate of drug-likeness (QED) is 0.700. The molecule has 170 valence electrons. The lowest BCUT2D eigenvalue weighted by molar-refractivity contribution is 0.322. The summed E-state index contributed by atoms with van der Waals surface area (Å²) in [6.45, 7) is 4.97. The molecular weight excluding hydrogens is 420 g/mol. The molecule has 3 atom stereocenters. The highest BCUT2D eigenvalue weighted by Crippen LogP contribution is 2.69. The van der Waals surface area contributed by atoms with Gasteiger partial charge in [-0.2, -0.15) is 0 Å². The van der Waals surface area contributed by atoms with Gasteiger partial charge in [0, 0.05) is 30.8 Å². The highest BCUT2D eigenvalue weighted by Gasteiger charge is 2.62. The third kappa shape index (κ3) is 3.36. The predicted octanol–water partition coefficient (Wildman–Crippen LogP) is 3.50. The number of aromatic nitrogens is 2. The van der Waals surface area contributed by atoms with Crippen LogP contribution in [0.3, 0.4) is 0 Å². The Morgan fingerprint density at radius 2 is 1.94 bits per heavy atom. The van der Waals surface area contributed by atoms with Crippen LogP contribution in [0.15, 0.2) is 35.2 Å². The van der Waals surface area contributed by atoms with Crippen LogP contribution in [0.5, 0.6) is 0 Å². The molecule has 2 bridgehead atoms. The summed E-state index contributed by atoms with van der Waals surface area (Å²) in [6, 6.07) is 5.69. The number of piperidine rings is 1. The first-order valence-corrected chi connectivity index (χ1v) is 13.9. The van der Waals surface area contributed by atoms with Gasteiger partial charge in [0.2, 0.25) is 5.95 Å². The van der Waals surface area contributed by atoms with Crippen LogP contribution in [0.2, 0.25) is 0 Å². The van der Waals surface area contributed by atoms with Crippen LogP contribution >= 0.6 is 0 Å². The molecule has 2 heterocycles. The van der Waals surface area contributed by atoms with E-state index in [2.05, 4.69) is 22.4 Å². The maximum absolute atomic E-state index is 12.0.